The van der Waals surface area contributed by atoms with E-state index in [-0.39, 0.29) is 23.4 Å². The molecule has 4 bridgehead atoms. The number of hydrogen-bond acceptors (Lipinski definition) is 4. The Labute approximate surface area is 106 Å². The van der Waals surface area contributed by atoms with Gasteiger partial charge in [0.15, 0.2) is 11.6 Å². The van der Waals surface area contributed by atoms with Crippen molar-refractivity contribution in [3.8, 4) is 0 Å². The van der Waals surface area contributed by atoms with Gasteiger partial charge >= 0.3 is 0 Å². The summed E-state index contributed by atoms with van der Waals surface area (Å²) in [5.74, 6) is -1.34. The van der Waals surface area contributed by atoms with Crippen LogP contribution in [0.5, 0.6) is 0 Å². The van der Waals surface area contributed by atoms with E-state index < -0.39 is 29.0 Å². The van der Waals surface area contributed by atoms with Crippen LogP contribution in [-0.4, -0.2) is 33.5 Å². The van der Waals surface area contributed by atoms with Crippen molar-refractivity contribution in [1.29, 1.82) is 0 Å². The number of carbonyl (C=O) groups excluding carboxylic acids is 2. The zero-order valence-corrected chi connectivity index (χ0v) is 11.0. The van der Waals surface area contributed by atoms with E-state index in [1.165, 1.54) is 6.92 Å². The fourth-order valence-electron chi connectivity index (χ4n) is 4.89. The smallest absolute Gasteiger partial charge is 0.177 e. The van der Waals surface area contributed by atoms with E-state index in [2.05, 4.69) is 0 Å². The molecule has 4 saturated carbocycles. The number of fused-ring (bicyclic) bond motifs is 1. The third kappa shape index (κ3) is 1.05. The maximum atomic E-state index is 12.5. The molecule has 4 rings (SSSR count). The monoisotopic (exact) mass is 252 g/mol. The summed E-state index contributed by atoms with van der Waals surface area (Å²) in [7, 11) is 0. The van der Waals surface area contributed by atoms with Gasteiger partial charge in [0.05, 0.1) is 17.4 Å². The van der Waals surface area contributed by atoms with Gasteiger partial charge in [0.2, 0.25) is 0 Å². The molecule has 100 valence electrons. The molecule has 0 aliphatic heterocycles. The number of carbonyl (C=O) groups is 2. The van der Waals surface area contributed by atoms with Crippen molar-refractivity contribution in [1.82, 2.24) is 0 Å². The van der Waals surface area contributed by atoms with Gasteiger partial charge in [-0.15, -0.1) is 0 Å². The summed E-state index contributed by atoms with van der Waals surface area (Å²) in [4.78, 5) is 25.0. The Morgan fingerprint density at radius 2 is 1.83 bits per heavy atom. The van der Waals surface area contributed by atoms with Gasteiger partial charge in [-0.05, 0) is 38.5 Å². The highest BCUT2D eigenvalue weighted by atomic mass is 16.3. The quantitative estimate of drug-likeness (QED) is 0.617. The molecule has 7 atom stereocenters. The largest absolute Gasteiger partial charge is 0.392 e. The third-order valence-corrected chi connectivity index (χ3v) is 6.01. The molecule has 0 spiro atoms. The lowest BCUT2D eigenvalue weighted by atomic mass is 9.39. The van der Waals surface area contributed by atoms with Crippen LogP contribution >= 0.6 is 0 Å². The highest BCUT2D eigenvalue weighted by Gasteiger charge is 2.73. The number of rotatable bonds is 0. The van der Waals surface area contributed by atoms with Crippen molar-refractivity contribution < 1.29 is 19.8 Å². The second kappa shape index (κ2) is 3.23. The van der Waals surface area contributed by atoms with Crippen LogP contribution in [0.2, 0.25) is 0 Å². The molecule has 0 aromatic carbocycles. The lowest BCUT2D eigenvalue weighted by Gasteiger charge is -2.63. The lowest BCUT2D eigenvalue weighted by Crippen LogP contribution is -2.75. The van der Waals surface area contributed by atoms with Crippen LogP contribution in [0.15, 0.2) is 0 Å². The first-order chi connectivity index (χ1) is 8.24. The van der Waals surface area contributed by atoms with Gasteiger partial charge in [-0.1, -0.05) is 6.92 Å². The summed E-state index contributed by atoms with van der Waals surface area (Å²) in [5, 5.41) is 20.6. The Kier molecular flexibility index (Phi) is 2.20. The minimum absolute atomic E-state index is 0.0357. The van der Waals surface area contributed by atoms with E-state index in [1.807, 2.05) is 6.92 Å². The first-order valence-corrected chi connectivity index (χ1v) is 6.73. The average molecular weight is 252 g/mol. The number of hydrogen-bond donors (Lipinski definition) is 2. The maximum absolute atomic E-state index is 12.5. The molecule has 0 aromatic rings. The van der Waals surface area contributed by atoms with Crippen LogP contribution in [0.4, 0.5) is 0 Å². The minimum atomic E-state index is -1.47. The summed E-state index contributed by atoms with van der Waals surface area (Å²) in [6.45, 7) is 5.12. The number of aliphatic hydroxyl groups excluding tert-OH is 1. The van der Waals surface area contributed by atoms with Crippen LogP contribution in [0.25, 0.3) is 0 Å². The minimum Gasteiger partial charge on any atom is -0.392 e. The molecule has 0 aromatic heterocycles. The summed E-state index contributed by atoms with van der Waals surface area (Å²) < 4.78 is 0. The van der Waals surface area contributed by atoms with E-state index in [0.717, 1.165) is 6.42 Å². The highest BCUT2D eigenvalue weighted by molar-refractivity contribution is 6.15. The Morgan fingerprint density at radius 3 is 2.44 bits per heavy atom. The van der Waals surface area contributed by atoms with Crippen molar-refractivity contribution in [3.63, 3.8) is 0 Å². The summed E-state index contributed by atoms with van der Waals surface area (Å²) in [6, 6.07) is 0. The van der Waals surface area contributed by atoms with E-state index in [9.17, 15) is 19.8 Å². The Morgan fingerprint density at radius 1 is 1.22 bits per heavy atom. The van der Waals surface area contributed by atoms with Gasteiger partial charge in [-0.25, -0.2) is 0 Å². The standard InChI is InChI=1S/C14H20O4/c1-6-7-4-5-8(15)9-10(7)14(3,18)12(17)13(6,2)11(9)16/h6-10,15,18H,4-5H2,1-3H3/t6-,7-,8+,9-,10+,13-,14-/m0/s1. The molecule has 0 heterocycles. The predicted octanol–water partition coefficient (Wildman–Crippen LogP) is 0.548. The summed E-state index contributed by atoms with van der Waals surface area (Å²) in [6.07, 6.45) is 0.683. The fourth-order valence-corrected chi connectivity index (χ4v) is 4.89. The molecule has 4 nitrogen and oxygen atoms in total. The first-order valence-electron chi connectivity index (χ1n) is 6.73. The Balaban J connectivity index is 2.22. The molecule has 0 unspecified atom stereocenters. The zero-order chi connectivity index (χ0) is 13.5. The molecular weight excluding hydrogens is 232 g/mol. The van der Waals surface area contributed by atoms with Gasteiger partial charge < -0.3 is 10.2 Å². The fraction of sp³-hybridized carbons (Fsp3) is 0.857. The normalized spacial score (nSPS) is 59.1. The lowest BCUT2D eigenvalue weighted by molar-refractivity contribution is -0.216. The van der Waals surface area contributed by atoms with Crippen molar-refractivity contribution in [2.45, 2.75) is 45.3 Å². The van der Waals surface area contributed by atoms with Gasteiger partial charge in [-0.2, -0.15) is 0 Å². The second-order valence-corrected chi connectivity index (χ2v) is 6.69. The van der Waals surface area contributed by atoms with Gasteiger partial charge in [0.25, 0.3) is 0 Å². The zero-order valence-electron chi connectivity index (χ0n) is 11.0. The Bertz CT molecular complexity index is 441. The molecule has 4 heteroatoms. The highest BCUT2D eigenvalue weighted by Crippen LogP contribution is 2.62. The third-order valence-electron chi connectivity index (χ3n) is 6.01. The molecule has 2 N–H and O–H groups in total. The predicted molar refractivity (Wildman–Crippen MR) is 63.6 cm³/mol. The second-order valence-electron chi connectivity index (χ2n) is 6.69. The molecule has 4 aliphatic rings. The van der Waals surface area contributed by atoms with Crippen molar-refractivity contribution in [3.05, 3.63) is 0 Å². The molecule has 18 heavy (non-hydrogen) atoms. The number of Topliss-reactive ketones (excluding diaryl/α,β-unsaturated/α-hetero) is 2. The van der Waals surface area contributed by atoms with Crippen LogP contribution in [0, 0.1) is 29.1 Å². The van der Waals surface area contributed by atoms with E-state index in [4.69, 9.17) is 0 Å². The number of aliphatic hydroxyl groups is 2. The van der Waals surface area contributed by atoms with E-state index in [1.54, 1.807) is 6.92 Å². The van der Waals surface area contributed by atoms with Gasteiger partial charge in [0, 0.05) is 5.92 Å². The molecular formula is C14H20O4. The number of ketones is 2. The molecule has 0 radical (unpaired) electrons. The maximum Gasteiger partial charge on any atom is 0.177 e. The van der Waals surface area contributed by atoms with Crippen molar-refractivity contribution in [2.24, 2.45) is 29.1 Å². The van der Waals surface area contributed by atoms with E-state index >= 15 is 0 Å². The Hall–Kier alpha value is -0.740. The van der Waals surface area contributed by atoms with Gasteiger partial charge in [0.1, 0.15) is 5.60 Å². The van der Waals surface area contributed by atoms with Crippen LogP contribution < -0.4 is 0 Å². The van der Waals surface area contributed by atoms with Crippen molar-refractivity contribution >= 4 is 11.6 Å². The molecule has 4 fully saturated rings. The summed E-state index contributed by atoms with van der Waals surface area (Å²) in [5.41, 5.74) is -2.58. The van der Waals surface area contributed by atoms with Crippen LogP contribution in [-0.2, 0) is 9.59 Å². The molecule has 0 saturated heterocycles. The summed E-state index contributed by atoms with van der Waals surface area (Å²) >= 11 is 0. The van der Waals surface area contributed by atoms with Gasteiger partial charge in [-0.3, -0.25) is 9.59 Å². The van der Waals surface area contributed by atoms with Crippen LogP contribution in [0.3, 0.4) is 0 Å². The first kappa shape index (κ1) is 12.3. The molecule has 4 aliphatic carbocycles. The van der Waals surface area contributed by atoms with E-state index in [0.29, 0.717) is 6.42 Å². The average Bonchev–Trinajstić information content (AvgIpc) is 2.31. The van der Waals surface area contributed by atoms with Crippen LogP contribution in [0.1, 0.15) is 33.6 Å². The molecule has 0 amide bonds. The SMILES string of the molecule is C[C@H]1[C@@H]2CC[C@@H](O)[C@@H]3C(=O)[C@@]1(C)C(=O)[C@@](C)(O)[C@H]23. The van der Waals surface area contributed by atoms with Crippen molar-refractivity contribution in [2.75, 3.05) is 0 Å². The topological polar surface area (TPSA) is 74.6 Å².